The second-order valence-corrected chi connectivity index (χ2v) is 5.73. The van der Waals surface area contributed by atoms with Gasteiger partial charge in [0.1, 0.15) is 11.6 Å². The second-order valence-electron chi connectivity index (χ2n) is 5.73. The molecule has 0 saturated heterocycles. The maximum Gasteiger partial charge on any atom is 0.407 e. The van der Waals surface area contributed by atoms with Gasteiger partial charge in [0, 0.05) is 25.1 Å². The summed E-state index contributed by atoms with van der Waals surface area (Å²) in [5.41, 5.74) is 2.80. The lowest BCUT2D eigenvalue weighted by molar-refractivity contribution is 0.149. The molecule has 1 aliphatic heterocycles. The number of hydrogen-bond donors (Lipinski definition) is 1. The van der Waals surface area contributed by atoms with Crippen molar-refractivity contribution in [2.24, 2.45) is 0 Å². The van der Waals surface area contributed by atoms with Crippen molar-refractivity contribution in [3.8, 4) is 16.9 Å². The van der Waals surface area contributed by atoms with Gasteiger partial charge in [-0.25, -0.2) is 9.18 Å². The molecule has 2 aromatic carbocycles. The molecule has 0 aliphatic carbocycles. The summed E-state index contributed by atoms with van der Waals surface area (Å²) in [6.07, 6.45) is -0.162. The molecule has 5 heteroatoms. The van der Waals surface area contributed by atoms with Crippen molar-refractivity contribution in [3.05, 3.63) is 53.8 Å². The molecule has 1 unspecified atom stereocenters. The first-order valence-corrected chi connectivity index (χ1v) is 7.52. The molecule has 0 bridgehead atoms. The highest BCUT2D eigenvalue weighted by Crippen LogP contribution is 2.41. The number of benzene rings is 2. The van der Waals surface area contributed by atoms with E-state index in [9.17, 15) is 9.18 Å². The van der Waals surface area contributed by atoms with Crippen LogP contribution in [0.1, 0.15) is 17.9 Å². The zero-order valence-electron chi connectivity index (χ0n) is 12.8. The standard InChI is InChI=1S/C18H18FNO3/c1-20(18(21)22)11-13-9-10-23-17-15(3-2-4-16(13)17)12-5-7-14(19)8-6-12/h2-8,13H,9-11H2,1H3,(H,21,22). The van der Waals surface area contributed by atoms with E-state index in [1.54, 1.807) is 19.2 Å². The van der Waals surface area contributed by atoms with Gasteiger partial charge in [-0.05, 0) is 29.7 Å². The molecule has 4 nitrogen and oxygen atoms in total. The third kappa shape index (κ3) is 3.13. The summed E-state index contributed by atoms with van der Waals surface area (Å²) in [7, 11) is 1.57. The number of carbonyl (C=O) groups is 1. The molecule has 1 atom stereocenters. The summed E-state index contributed by atoms with van der Waals surface area (Å²) in [4.78, 5) is 12.4. The Morgan fingerprint density at radius 2 is 2.04 bits per heavy atom. The Labute approximate surface area is 134 Å². The first-order valence-electron chi connectivity index (χ1n) is 7.52. The lowest BCUT2D eigenvalue weighted by Gasteiger charge is -2.30. The van der Waals surface area contributed by atoms with Gasteiger partial charge >= 0.3 is 6.09 Å². The van der Waals surface area contributed by atoms with E-state index in [-0.39, 0.29) is 11.7 Å². The Morgan fingerprint density at radius 3 is 2.74 bits per heavy atom. The van der Waals surface area contributed by atoms with E-state index in [0.717, 1.165) is 28.9 Å². The molecular formula is C18H18FNO3. The van der Waals surface area contributed by atoms with Crippen molar-refractivity contribution >= 4 is 6.09 Å². The van der Waals surface area contributed by atoms with E-state index in [0.29, 0.717) is 13.2 Å². The van der Waals surface area contributed by atoms with Crippen LogP contribution in [0.5, 0.6) is 5.75 Å². The monoisotopic (exact) mass is 315 g/mol. The number of fused-ring (bicyclic) bond motifs is 1. The Kier molecular flexibility index (Phi) is 4.19. The van der Waals surface area contributed by atoms with Gasteiger partial charge in [0.05, 0.1) is 6.61 Å². The number of rotatable bonds is 3. The SMILES string of the molecule is CN(CC1CCOc2c(-c3ccc(F)cc3)cccc21)C(=O)O. The van der Waals surface area contributed by atoms with Crippen molar-refractivity contribution in [1.29, 1.82) is 0 Å². The summed E-state index contributed by atoms with van der Waals surface area (Å²) < 4.78 is 19.0. The van der Waals surface area contributed by atoms with Gasteiger partial charge in [0.15, 0.2) is 0 Å². The number of carboxylic acid groups (broad SMARTS) is 1. The molecule has 0 aromatic heterocycles. The topological polar surface area (TPSA) is 49.8 Å². The summed E-state index contributed by atoms with van der Waals surface area (Å²) in [6, 6.07) is 12.1. The summed E-state index contributed by atoms with van der Waals surface area (Å²) in [5, 5.41) is 9.08. The molecule has 0 radical (unpaired) electrons. The minimum atomic E-state index is -0.937. The Bertz CT molecular complexity index is 715. The lowest BCUT2D eigenvalue weighted by atomic mass is 9.89. The first-order chi connectivity index (χ1) is 11.1. The van der Waals surface area contributed by atoms with Crippen LogP contribution in [0.2, 0.25) is 0 Å². The van der Waals surface area contributed by atoms with Crippen LogP contribution in [0.25, 0.3) is 11.1 Å². The van der Waals surface area contributed by atoms with Gasteiger partial charge in [0.25, 0.3) is 0 Å². The molecule has 1 amide bonds. The maximum absolute atomic E-state index is 13.1. The molecule has 3 rings (SSSR count). The van der Waals surface area contributed by atoms with Crippen molar-refractivity contribution in [2.45, 2.75) is 12.3 Å². The van der Waals surface area contributed by atoms with E-state index in [2.05, 4.69) is 0 Å². The number of halogens is 1. The van der Waals surface area contributed by atoms with Crippen LogP contribution in [-0.4, -0.2) is 36.3 Å². The van der Waals surface area contributed by atoms with Crippen molar-refractivity contribution < 1.29 is 19.0 Å². The van der Waals surface area contributed by atoms with Crippen molar-refractivity contribution in [1.82, 2.24) is 4.90 Å². The molecule has 1 heterocycles. The van der Waals surface area contributed by atoms with Gasteiger partial charge in [-0.1, -0.05) is 30.3 Å². The number of hydrogen-bond acceptors (Lipinski definition) is 2. The fourth-order valence-corrected chi connectivity index (χ4v) is 2.95. The van der Waals surface area contributed by atoms with E-state index in [4.69, 9.17) is 9.84 Å². The molecule has 23 heavy (non-hydrogen) atoms. The Balaban J connectivity index is 1.97. The summed E-state index contributed by atoms with van der Waals surface area (Å²) in [5.74, 6) is 0.592. The molecule has 2 aromatic rings. The molecule has 1 N–H and O–H groups in total. The lowest BCUT2D eigenvalue weighted by Crippen LogP contribution is -2.31. The van der Waals surface area contributed by atoms with E-state index < -0.39 is 6.09 Å². The Hall–Kier alpha value is -2.56. The number of ether oxygens (including phenoxy) is 1. The van der Waals surface area contributed by atoms with Crippen LogP contribution in [0, 0.1) is 5.82 Å². The Morgan fingerprint density at radius 1 is 1.30 bits per heavy atom. The van der Waals surface area contributed by atoms with Crippen LogP contribution in [0.4, 0.5) is 9.18 Å². The molecule has 0 fully saturated rings. The number of para-hydroxylation sites is 1. The van der Waals surface area contributed by atoms with Crippen molar-refractivity contribution in [2.75, 3.05) is 20.2 Å². The first kappa shape index (κ1) is 15.3. The maximum atomic E-state index is 13.1. The molecule has 0 saturated carbocycles. The molecule has 0 spiro atoms. The van der Waals surface area contributed by atoms with Crippen LogP contribution in [-0.2, 0) is 0 Å². The second kappa shape index (κ2) is 6.28. The number of likely N-dealkylation sites (N-methyl/N-ethyl adjacent to an activating group) is 1. The van der Waals surface area contributed by atoms with Crippen LogP contribution >= 0.6 is 0 Å². The summed E-state index contributed by atoms with van der Waals surface area (Å²) in [6.45, 7) is 0.974. The minimum Gasteiger partial charge on any atom is -0.493 e. The van der Waals surface area contributed by atoms with E-state index in [1.807, 2.05) is 18.2 Å². The fourth-order valence-electron chi connectivity index (χ4n) is 2.95. The third-order valence-corrected chi connectivity index (χ3v) is 4.17. The van der Waals surface area contributed by atoms with Crippen molar-refractivity contribution in [3.63, 3.8) is 0 Å². The van der Waals surface area contributed by atoms with Crippen LogP contribution in [0.15, 0.2) is 42.5 Å². The van der Waals surface area contributed by atoms with Crippen LogP contribution < -0.4 is 4.74 Å². The van der Waals surface area contributed by atoms with Gasteiger partial charge in [-0.15, -0.1) is 0 Å². The van der Waals surface area contributed by atoms with Gasteiger partial charge < -0.3 is 14.7 Å². The highest BCUT2D eigenvalue weighted by molar-refractivity contribution is 5.73. The average Bonchev–Trinajstić information content (AvgIpc) is 2.55. The highest BCUT2D eigenvalue weighted by Gasteiger charge is 2.26. The van der Waals surface area contributed by atoms with E-state index >= 15 is 0 Å². The van der Waals surface area contributed by atoms with Crippen LogP contribution in [0.3, 0.4) is 0 Å². The zero-order valence-corrected chi connectivity index (χ0v) is 12.8. The number of nitrogens with zero attached hydrogens (tertiary/aromatic N) is 1. The quantitative estimate of drug-likeness (QED) is 0.932. The highest BCUT2D eigenvalue weighted by atomic mass is 19.1. The molecular weight excluding hydrogens is 297 g/mol. The molecule has 120 valence electrons. The van der Waals surface area contributed by atoms with E-state index in [1.165, 1.54) is 17.0 Å². The molecule has 1 aliphatic rings. The fraction of sp³-hybridized carbons (Fsp3) is 0.278. The van der Waals surface area contributed by atoms with Gasteiger partial charge in [-0.3, -0.25) is 0 Å². The third-order valence-electron chi connectivity index (χ3n) is 4.17. The number of amides is 1. The average molecular weight is 315 g/mol. The predicted octanol–water partition coefficient (Wildman–Crippen LogP) is 3.97. The minimum absolute atomic E-state index is 0.0975. The normalized spacial score (nSPS) is 16.3. The van der Waals surface area contributed by atoms with Gasteiger partial charge in [-0.2, -0.15) is 0 Å². The zero-order chi connectivity index (χ0) is 16.4. The van der Waals surface area contributed by atoms with Gasteiger partial charge in [0.2, 0.25) is 0 Å². The summed E-state index contributed by atoms with van der Waals surface area (Å²) >= 11 is 0. The largest absolute Gasteiger partial charge is 0.493 e. The predicted molar refractivity (Wildman–Crippen MR) is 85.3 cm³/mol. The smallest absolute Gasteiger partial charge is 0.407 e.